The highest BCUT2D eigenvalue weighted by Gasteiger charge is 2.21. The van der Waals surface area contributed by atoms with Gasteiger partial charge in [0.2, 0.25) is 0 Å². The molecule has 0 amide bonds. The van der Waals surface area contributed by atoms with Crippen molar-refractivity contribution in [3.05, 3.63) is 47.8 Å². The quantitative estimate of drug-likeness (QED) is 0.635. The summed E-state index contributed by atoms with van der Waals surface area (Å²) in [4.78, 5) is 9.11. The minimum absolute atomic E-state index is 0.749. The summed E-state index contributed by atoms with van der Waals surface area (Å²) in [7, 11) is 0. The molecule has 1 fully saturated rings. The summed E-state index contributed by atoms with van der Waals surface area (Å²) >= 11 is 0. The summed E-state index contributed by atoms with van der Waals surface area (Å²) in [6.45, 7) is 4.54. The first kappa shape index (κ1) is 17.1. The molecule has 1 aromatic carbocycles. The number of aryl methyl sites for hydroxylation is 1. The third-order valence-corrected chi connectivity index (χ3v) is 5.59. The van der Waals surface area contributed by atoms with Gasteiger partial charge in [-0.1, -0.05) is 51.0 Å². The van der Waals surface area contributed by atoms with Crippen LogP contribution in [0.4, 0.5) is 0 Å². The summed E-state index contributed by atoms with van der Waals surface area (Å²) in [5.41, 5.74) is 3.86. The fourth-order valence-corrected chi connectivity index (χ4v) is 3.82. The van der Waals surface area contributed by atoms with Gasteiger partial charge < -0.3 is 0 Å². The Labute approximate surface area is 146 Å². The topological polar surface area (TPSA) is 25.8 Å². The number of benzene rings is 1. The molecular formula is C22H30N2. The van der Waals surface area contributed by atoms with Gasteiger partial charge in [0.15, 0.2) is 5.82 Å². The van der Waals surface area contributed by atoms with Crippen molar-refractivity contribution in [2.24, 2.45) is 5.92 Å². The van der Waals surface area contributed by atoms with Crippen LogP contribution >= 0.6 is 0 Å². The molecule has 1 aliphatic carbocycles. The molecule has 3 rings (SSSR count). The Morgan fingerprint density at radius 2 is 1.58 bits per heavy atom. The molecule has 0 unspecified atom stereocenters. The zero-order chi connectivity index (χ0) is 16.8. The summed E-state index contributed by atoms with van der Waals surface area (Å²) in [6, 6.07) is 8.98. The number of unbranched alkanes of at least 4 members (excludes halogenated alkanes) is 1. The lowest BCUT2D eigenvalue weighted by molar-refractivity contribution is 0.319. The first-order chi connectivity index (χ1) is 11.8. The Morgan fingerprint density at radius 3 is 2.17 bits per heavy atom. The molecule has 0 atom stereocenters. The summed E-state index contributed by atoms with van der Waals surface area (Å²) in [5, 5.41) is 0. The van der Waals surface area contributed by atoms with E-state index in [1.807, 2.05) is 12.4 Å². The van der Waals surface area contributed by atoms with Gasteiger partial charge in [-0.3, -0.25) is 0 Å². The van der Waals surface area contributed by atoms with Crippen LogP contribution in [0.5, 0.6) is 0 Å². The lowest BCUT2D eigenvalue weighted by Crippen LogP contribution is -2.12. The first-order valence-corrected chi connectivity index (χ1v) is 9.71. The highest BCUT2D eigenvalue weighted by molar-refractivity contribution is 5.55. The van der Waals surface area contributed by atoms with E-state index in [0.29, 0.717) is 0 Å². The van der Waals surface area contributed by atoms with Crippen molar-refractivity contribution in [2.45, 2.75) is 71.1 Å². The Balaban J connectivity index is 1.64. The highest BCUT2D eigenvalue weighted by atomic mass is 14.9. The third-order valence-electron chi connectivity index (χ3n) is 5.59. The van der Waals surface area contributed by atoms with Crippen LogP contribution in [0.3, 0.4) is 0 Å². The molecule has 2 heteroatoms. The van der Waals surface area contributed by atoms with Crippen molar-refractivity contribution in [3.63, 3.8) is 0 Å². The largest absolute Gasteiger partial charge is 0.236 e. The molecule has 0 saturated heterocycles. The second-order valence-corrected chi connectivity index (χ2v) is 7.27. The molecule has 128 valence electrons. The first-order valence-electron chi connectivity index (χ1n) is 9.71. The summed E-state index contributed by atoms with van der Waals surface area (Å²) in [6.07, 6.45) is 14.3. The van der Waals surface area contributed by atoms with Crippen molar-refractivity contribution in [2.75, 3.05) is 0 Å². The van der Waals surface area contributed by atoms with E-state index in [1.165, 1.54) is 56.1 Å². The third kappa shape index (κ3) is 4.23. The average molecular weight is 322 g/mol. The van der Waals surface area contributed by atoms with Crippen LogP contribution in [0.25, 0.3) is 11.4 Å². The predicted molar refractivity (Wildman–Crippen MR) is 101 cm³/mol. The molecule has 1 aliphatic rings. The van der Waals surface area contributed by atoms with E-state index in [0.717, 1.165) is 29.6 Å². The van der Waals surface area contributed by atoms with Crippen LogP contribution < -0.4 is 0 Å². The number of hydrogen-bond donors (Lipinski definition) is 0. The summed E-state index contributed by atoms with van der Waals surface area (Å²) in [5.74, 6) is 2.55. The average Bonchev–Trinajstić information content (AvgIpc) is 2.67. The van der Waals surface area contributed by atoms with Gasteiger partial charge in [0.1, 0.15) is 0 Å². The van der Waals surface area contributed by atoms with Crippen molar-refractivity contribution in [1.29, 1.82) is 0 Å². The molecule has 0 radical (unpaired) electrons. The van der Waals surface area contributed by atoms with Crippen LogP contribution in [0.15, 0.2) is 36.7 Å². The Morgan fingerprint density at radius 1 is 0.917 bits per heavy atom. The molecule has 2 aromatic rings. The molecule has 24 heavy (non-hydrogen) atoms. The van der Waals surface area contributed by atoms with Crippen molar-refractivity contribution in [3.8, 4) is 11.4 Å². The lowest BCUT2D eigenvalue weighted by atomic mass is 9.78. The maximum Gasteiger partial charge on any atom is 0.159 e. The Bertz CT molecular complexity index is 607. The molecule has 0 spiro atoms. The minimum atomic E-state index is 0.749. The number of rotatable bonds is 6. The fraction of sp³-hybridized carbons (Fsp3) is 0.545. The van der Waals surface area contributed by atoms with E-state index >= 15 is 0 Å². The second kappa shape index (κ2) is 8.41. The number of aromatic nitrogens is 2. The second-order valence-electron chi connectivity index (χ2n) is 7.27. The van der Waals surface area contributed by atoms with Crippen LogP contribution in [0, 0.1) is 5.92 Å². The SMILES string of the molecule is CCCCc1cnc(-c2ccc(C3CCC(CC)CC3)cc2)nc1. The smallest absolute Gasteiger partial charge is 0.159 e. The van der Waals surface area contributed by atoms with Crippen molar-refractivity contribution < 1.29 is 0 Å². The molecule has 0 N–H and O–H groups in total. The molecule has 1 saturated carbocycles. The van der Waals surface area contributed by atoms with Crippen molar-refractivity contribution in [1.82, 2.24) is 9.97 Å². The Hall–Kier alpha value is -1.70. The minimum Gasteiger partial charge on any atom is -0.236 e. The maximum absolute atomic E-state index is 4.55. The molecule has 1 aromatic heterocycles. The molecule has 1 heterocycles. The van der Waals surface area contributed by atoms with Crippen LogP contribution in [0.2, 0.25) is 0 Å². The highest BCUT2D eigenvalue weighted by Crippen LogP contribution is 2.37. The van der Waals surface area contributed by atoms with Gasteiger partial charge in [0.25, 0.3) is 0 Å². The van der Waals surface area contributed by atoms with E-state index in [4.69, 9.17) is 0 Å². The van der Waals surface area contributed by atoms with Gasteiger partial charge in [-0.2, -0.15) is 0 Å². The lowest BCUT2D eigenvalue weighted by Gasteiger charge is -2.28. The van der Waals surface area contributed by atoms with Gasteiger partial charge >= 0.3 is 0 Å². The van der Waals surface area contributed by atoms with Crippen LogP contribution in [-0.2, 0) is 6.42 Å². The van der Waals surface area contributed by atoms with Crippen LogP contribution in [-0.4, -0.2) is 9.97 Å². The zero-order valence-corrected chi connectivity index (χ0v) is 15.2. The normalized spacial score (nSPS) is 20.9. The molecule has 0 aliphatic heterocycles. The standard InChI is InChI=1S/C22H30N2/c1-3-5-6-18-15-23-22(24-16-18)21-13-11-20(12-14-21)19-9-7-17(4-2)8-10-19/h11-17,19H,3-10H2,1-2H3. The van der Waals surface area contributed by atoms with Gasteiger partial charge in [-0.15, -0.1) is 0 Å². The van der Waals surface area contributed by atoms with Crippen LogP contribution in [0.1, 0.15) is 75.8 Å². The van der Waals surface area contributed by atoms with E-state index in [-0.39, 0.29) is 0 Å². The Kier molecular flexibility index (Phi) is 6.01. The maximum atomic E-state index is 4.55. The number of nitrogens with zero attached hydrogens (tertiary/aromatic N) is 2. The van der Waals surface area contributed by atoms with Gasteiger partial charge in [-0.05, 0) is 61.5 Å². The number of hydrogen-bond acceptors (Lipinski definition) is 2. The molecular weight excluding hydrogens is 292 g/mol. The van der Waals surface area contributed by atoms with Crippen molar-refractivity contribution >= 4 is 0 Å². The molecule has 2 nitrogen and oxygen atoms in total. The predicted octanol–water partition coefficient (Wildman–Crippen LogP) is 6.17. The fourth-order valence-electron chi connectivity index (χ4n) is 3.82. The van der Waals surface area contributed by atoms with Gasteiger partial charge in [-0.25, -0.2) is 9.97 Å². The van der Waals surface area contributed by atoms with E-state index in [9.17, 15) is 0 Å². The molecule has 0 bridgehead atoms. The van der Waals surface area contributed by atoms with E-state index in [1.54, 1.807) is 0 Å². The van der Waals surface area contributed by atoms with E-state index in [2.05, 4.69) is 48.1 Å². The van der Waals surface area contributed by atoms with Gasteiger partial charge in [0, 0.05) is 18.0 Å². The van der Waals surface area contributed by atoms with E-state index < -0.39 is 0 Å². The zero-order valence-electron chi connectivity index (χ0n) is 15.2. The van der Waals surface area contributed by atoms with Gasteiger partial charge in [0.05, 0.1) is 0 Å². The monoisotopic (exact) mass is 322 g/mol. The summed E-state index contributed by atoms with van der Waals surface area (Å²) < 4.78 is 0.